The second-order valence-corrected chi connectivity index (χ2v) is 6.27. The first kappa shape index (κ1) is 16.3. The van der Waals surface area contributed by atoms with Gasteiger partial charge in [0.15, 0.2) is 0 Å². The van der Waals surface area contributed by atoms with Crippen LogP contribution in [0.2, 0.25) is 0 Å². The number of ether oxygens (including phenoxy) is 1. The quantitative estimate of drug-likeness (QED) is 0.848. The molecule has 3 heterocycles. The minimum Gasteiger partial charge on any atom is -0.368 e. The summed E-state index contributed by atoms with van der Waals surface area (Å²) in [6, 6.07) is 1.41. The van der Waals surface area contributed by atoms with Gasteiger partial charge in [0.2, 0.25) is 5.91 Å². The van der Waals surface area contributed by atoms with Crippen LogP contribution in [0.3, 0.4) is 0 Å². The Bertz CT molecular complexity index is 783. The average molecular weight is 332 g/mol. The Morgan fingerprint density at radius 1 is 1.46 bits per heavy atom. The molecule has 1 aliphatic rings. The van der Waals surface area contributed by atoms with Crippen molar-refractivity contribution in [2.75, 3.05) is 19.7 Å². The molecule has 0 unspecified atom stereocenters. The van der Waals surface area contributed by atoms with Crippen molar-refractivity contribution in [3.63, 3.8) is 0 Å². The molecule has 1 saturated heterocycles. The van der Waals surface area contributed by atoms with E-state index in [4.69, 9.17) is 4.74 Å². The summed E-state index contributed by atoms with van der Waals surface area (Å²) in [5, 5.41) is 4.07. The highest BCUT2D eigenvalue weighted by Gasteiger charge is 2.37. The summed E-state index contributed by atoms with van der Waals surface area (Å²) in [5.74, 6) is 0.440. The van der Waals surface area contributed by atoms with Gasteiger partial charge in [-0.05, 0) is 20.8 Å². The van der Waals surface area contributed by atoms with Gasteiger partial charge in [-0.3, -0.25) is 9.59 Å². The largest absolute Gasteiger partial charge is 0.368 e. The van der Waals surface area contributed by atoms with Gasteiger partial charge < -0.3 is 14.6 Å². The van der Waals surface area contributed by atoms with Crippen molar-refractivity contribution in [3.8, 4) is 0 Å². The number of morpholine rings is 1. The van der Waals surface area contributed by atoms with Gasteiger partial charge in [0.1, 0.15) is 30.1 Å². The number of hydrogen-bond donors (Lipinski definition) is 1. The summed E-state index contributed by atoms with van der Waals surface area (Å²) < 4.78 is 7.25. The number of aryl methyl sites for hydroxylation is 1. The van der Waals surface area contributed by atoms with Crippen LogP contribution in [0.1, 0.15) is 31.5 Å². The van der Waals surface area contributed by atoms with E-state index >= 15 is 0 Å². The smallest absolute Gasteiger partial charge is 0.251 e. The van der Waals surface area contributed by atoms with Crippen LogP contribution >= 0.6 is 0 Å². The number of aromatic nitrogens is 5. The van der Waals surface area contributed by atoms with Crippen LogP contribution in [0, 0.1) is 6.92 Å². The van der Waals surface area contributed by atoms with Gasteiger partial charge in [-0.2, -0.15) is 5.10 Å². The van der Waals surface area contributed by atoms with E-state index in [1.807, 2.05) is 0 Å². The van der Waals surface area contributed by atoms with Crippen molar-refractivity contribution in [3.05, 3.63) is 40.6 Å². The molecule has 1 fully saturated rings. The highest BCUT2D eigenvalue weighted by atomic mass is 16.5. The van der Waals surface area contributed by atoms with Gasteiger partial charge in [0.25, 0.3) is 5.56 Å². The number of carbonyl (C=O) groups excluding carboxylic acids is 1. The SMILES string of the molecule is Cc1nc([C@H]2CN(C(=O)C(C)(C)n3cncn3)CCO2)cc(=O)[nH]1. The summed E-state index contributed by atoms with van der Waals surface area (Å²) in [5.41, 5.74) is -0.546. The maximum absolute atomic E-state index is 12.9. The van der Waals surface area contributed by atoms with Crippen molar-refractivity contribution in [2.45, 2.75) is 32.4 Å². The van der Waals surface area contributed by atoms with Crippen molar-refractivity contribution in [1.82, 2.24) is 29.6 Å². The summed E-state index contributed by atoms with van der Waals surface area (Å²) >= 11 is 0. The van der Waals surface area contributed by atoms with E-state index in [1.54, 1.807) is 25.7 Å². The number of hydrogen-bond acceptors (Lipinski definition) is 6. The number of aromatic amines is 1. The molecule has 2 aromatic heterocycles. The Kier molecular flexibility index (Phi) is 4.18. The van der Waals surface area contributed by atoms with Crippen LogP contribution in [-0.2, 0) is 15.1 Å². The topological polar surface area (TPSA) is 106 Å². The fourth-order valence-corrected chi connectivity index (χ4v) is 2.76. The second-order valence-electron chi connectivity index (χ2n) is 6.27. The lowest BCUT2D eigenvalue weighted by atomic mass is 10.0. The van der Waals surface area contributed by atoms with Crippen molar-refractivity contribution < 1.29 is 9.53 Å². The zero-order chi connectivity index (χ0) is 17.3. The molecular weight excluding hydrogens is 312 g/mol. The molecule has 0 aromatic carbocycles. The first-order valence-corrected chi connectivity index (χ1v) is 7.72. The molecule has 0 spiro atoms. The minimum atomic E-state index is -0.851. The van der Waals surface area contributed by atoms with Crippen molar-refractivity contribution in [2.24, 2.45) is 0 Å². The number of H-pyrrole nitrogens is 1. The highest BCUT2D eigenvalue weighted by Crippen LogP contribution is 2.24. The second kappa shape index (κ2) is 6.16. The lowest BCUT2D eigenvalue weighted by Crippen LogP contribution is -2.51. The maximum atomic E-state index is 12.9. The molecule has 0 radical (unpaired) electrons. The highest BCUT2D eigenvalue weighted by molar-refractivity contribution is 5.83. The number of nitrogens with zero attached hydrogens (tertiary/aromatic N) is 5. The molecule has 0 aliphatic carbocycles. The standard InChI is InChI=1S/C15H20N6O3/c1-10-18-11(6-13(22)19-10)12-7-20(4-5-24-12)14(23)15(2,3)21-9-16-8-17-21/h6,8-9,12H,4-5,7H2,1-3H3,(H,18,19,22)/t12-/m1/s1. The van der Waals surface area contributed by atoms with E-state index < -0.39 is 11.6 Å². The monoisotopic (exact) mass is 332 g/mol. The van der Waals surface area contributed by atoms with Crippen LogP contribution in [0.5, 0.6) is 0 Å². The Labute approximate surface area is 138 Å². The van der Waals surface area contributed by atoms with E-state index in [0.29, 0.717) is 31.2 Å². The van der Waals surface area contributed by atoms with Gasteiger partial charge in [0, 0.05) is 12.6 Å². The average Bonchev–Trinajstić information content (AvgIpc) is 3.08. The Morgan fingerprint density at radius 2 is 2.25 bits per heavy atom. The minimum absolute atomic E-state index is 0.0807. The number of amides is 1. The molecule has 24 heavy (non-hydrogen) atoms. The van der Waals surface area contributed by atoms with Crippen molar-refractivity contribution >= 4 is 5.91 Å². The Balaban J connectivity index is 1.80. The van der Waals surface area contributed by atoms with E-state index in [9.17, 15) is 9.59 Å². The molecule has 128 valence electrons. The first-order valence-electron chi connectivity index (χ1n) is 7.72. The summed E-state index contributed by atoms with van der Waals surface area (Å²) in [6.07, 6.45) is 2.51. The van der Waals surface area contributed by atoms with Crippen LogP contribution in [0.4, 0.5) is 0 Å². The number of carbonyl (C=O) groups is 1. The predicted octanol–water partition coefficient (Wildman–Crippen LogP) is 0.00502. The lowest BCUT2D eigenvalue weighted by Gasteiger charge is -2.37. The van der Waals surface area contributed by atoms with Gasteiger partial charge in [0.05, 0.1) is 18.8 Å². The summed E-state index contributed by atoms with van der Waals surface area (Å²) in [4.78, 5) is 37.1. The van der Waals surface area contributed by atoms with Crippen molar-refractivity contribution in [1.29, 1.82) is 0 Å². The normalized spacial score (nSPS) is 18.6. The molecule has 9 heteroatoms. The van der Waals surface area contributed by atoms with Crippen LogP contribution < -0.4 is 5.56 Å². The third-order valence-corrected chi connectivity index (χ3v) is 4.08. The molecule has 9 nitrogen and oxygen atoms in total. The van der Waals surface area contributed by atoms with Gasteiger partial charge in [-0.25, -0.2) is 14.6 Å². The third kappa shape index (κ3) is 3.07. The fraction of sp³-hybridized carbons (Fsp3) is 0.533. The third-order valence-electron chi connectivity index (χ3n) is 4.08. The molecule has 0 saturated carbocycles. The first-order chi connectivity index (χ1) is 11.4. The Morgan fingerprint density at radius 3 is 2.92 bits per heavy atom. The van der Waals surface area contributed by atoms with E-state index in [2.05, 4.69) is 20.1 Å². The van der Waals surface area contributed by atoms with Gasteiger partial charge >= 0.3 is 0 Å². The van der Waals surface area contributed by atoms with Crippen LogP contribution in [0.25, 0.3) is 0 Å². The molecule has 3 rings (SSSR count). The van der Waals surface area contributed by atoms with Crippen LogP contribution in [-0.4, -0.2) is 55.2 Å². The summed E-state index contributed by atoms with van der Waals surface area (Å²) in [7, 11) is 0. The zero-order valence-corrected chi connectivity index (χ0v) is 13.9. The molecule has 1 atom stereocenters. The maximum Gasteiger partial charge on any atom is 0.251 e. The predicted molar refractivity (Wildman–Crippen MR) is 84.2 cm³/mol. The molecule has 1 aliphatic heterocycles. The number of nitrogens with one attached hydrogen (secondary N) is 1. The molecule has 0 bridgehead atoms. The lowest BCUT2D eigenvalue weighted by molar-refractivity contribution is -0.147. The number of rotatable bonds is 3. The van der Waals surface area contributed by atoms with E-state index in [1.165, 1.54) is 23.4 Å². The zero-order valence-electron chi connectivity index (χ0n) is 13.9. The molecule has 2 aromatic rings. The van der Waals surface area contributed by atoms with E-state index in [0.717, 1.165) is 0 Å². The molecule has 1 N–H and O–H groups in total. The fourth-order valence-electron chi connectivity index (χ4n) is 2.76. The van der Waals surface area contributed by atoms with E-state index in [-0.39, 0.29) is 11.5 Å². The molecular formula is C15H20N6O3. The molecule has 1 amide bonds. The Hall–Kier alpha value is -2.55. The van der Waals surface area contributed by atoms with Gasteiger partial charge in [-0.15, -0.1) is 0 Å². The van der Waals surface area contributed by atoms with Crippen LogP contribution in [0.15, 0.2) is 23.5 Å². The summed E-state index contributed by atoms with van der Waals surface area (Å²) in [6.45, 7) is 6.51. The van der Waals surface area contributed by atoms with Gasteiger partial charge in [-0.1, -0.05) is 0 Å².